The zero-order valence-electron chi connectivity index (χ0n) is 23.9. The molecular formula is C30H47NO7. The molecule has 0 N–H and O–H groups in total. The fourth-order valence-electron chi connectivity index (χ4n) is 4.53. The van der Waals surface area contributed by atoms with Crippen molar-refractivity contribution in [1.29, 1.82) is 0 Å². The van der Waals surface area contributed by atoms with Crippen LogP contribution in [0.15, 0.2) is 36.5 Å². The number of allylic oxidation sites excluding steroid dienone is 1. The zero-order chi connectivity index (χ0) is 28.2. The Morgan fingerprint density at radius 2 is 1.87 bits per heavy atom. The normalized spacial score (nSPS) is 22.7. The molecule has 2 aliphatic rings. The van der Waals surface area contributed by atoms with Crippen molar-refractivity contribution >= 4 is 17.9 Å². The molecule has 0 spiro atoms. The van der Waals surface area contributed by atoms with E-state index in [2.05, 4.69) is 32.2 Å². The summed E-state index contributed by atoms with van der Waals surface area (Å²) >= 11 is 0. The molecule has 0 aromatic carbocycles. The smallest absolute Gasteiger partial charge is 0.333 e. The predicted molar refractivity (Wildman–Crippen MR) is 146 cm³/mol. The highest BCUT2D eigenvalue weighted by atomic mass is 16.8. The number of hydroxylamine groups is 2. The van der Waals surface area contributed by atoms with Crippen molar-refractivity contribution in [2.75, 3.05) is 6.61 Å². The second kappa shape index (κ2) is 15.8. The van der Waals surface area contributed by atoms with E-state index in [9.17, 15) is 14.4 Å². The van der Waals surface area contributed by atoms with Crippen LogP contribution in [0, 0.1) is 11.8 Å². The Morgan fingerprint density at radius 1 is 1.13 bits per heavy atom. The first-order valence-electron chi connectivity index (χ1n) is 14.0. The Morgan fingerprint density at radius 3 is 2.47 bits per heavy atom. The maximum atomic E-state index is 13.2. The molecule has 1 saturated heterocycles. The number of hydrogen-bond acceptors (Lipinski definition) is 8. The maximum absolute atomic E-state index is 13.2. The number of hydrogen-bond donors (Lipinski definition) is 0. The van der Waals surface area contributed by atoms with Gasteiger partial charge in [0.15, 0.2) is 6.23 Å². The third-order valence-corrected chi connectivity index (χ3v) is 6.98. The van der Waals surface area contributed by atoms with Gasteiger partial charge in [-0.1, -0.05) is 44.7 Å². The molecule has 0 aromatic rings. The van der Waals surface area contributed by atoms with Gasteiger partial charge in [0.1, 0.15) is 6.10 Å². The lowest BCUT2D eigenvalue weighted by Crippen LogP contribution is -2.42. The Kier molecular flexibility index (Phi) is 13.2. The number of rotatable bonds is 17. The molecule has 1 unspecified atom stereocenters. The third kappa shape index (κ3) is 10.7. The van der Waals surface area contributed by atoms with Crippen LogP contribution in [0.25, 0.3) is 0 Å². The topological polar surface area (TPSA) is 94.7 Å². The molecule has 2 rings (SSSR count). The van der Waals surface area contributed by atoms with Gasteiger partial charge in [-0.3, -0.25) is 9.59 Å². The Labute approximate surface area is 228 Å². The van der Waals surface area contributed by atoms with Gasteiger partial charge < -0.3 is 19.0 Å². The lowest BCUT2D eigenvalue weighted by molar-refractivity contribution is -0.216. The van der Waals surface area contributed by atoms with E-state index >= 15 is 0 Å². The van der Waals surface area contributed by atoms with Crippen LogP contribution in [0.1, 0.15) is 92.4 Å². The minimum absolute atomic E-state index is 0.0223. The van der Waals surface area contributed by atoms with Crippen molar-refractivity contribution in [3.63, 3.8) is 0 Å². The van der Waals surface area contributed by atoms with Gasteiger partial charge in [0.2, 0.25) is 0 Å². The van der Waals surface area contributed by atoms with Crippen LogP contribution in [-0.4, -0.2) is 54.1 Å². The maximum Gasteiger partial charge on any atom is 0.333 e. The fourth-order valence-corrected chi connectivity index (χ4v) is 4.53. The fraction of sp³-hybridized carbons (Fsp3) is 0.700. The van der Waals surface area contributed by atoms with Crippen LogP contribution in [0.4, 0.5) is 0 Å². The molecule has 0 amide bonds. The number of esters is 2. The molecule has 6 atom stereocenters. The number of ether oxygens (including phenoxy) is 3. The van der Waals surface area contributed by atoms with E-state index in [4.69, 9.17) is 19.0 Å². The molecule has 1 aliphatic heterocycles. The Bertz CT molecular complexity index is 867. The van der Waals surface area contributed by atoms with Gasteiger partial charge in [0.05, 0.1) is 31.1 Å². The predicted octanol–water partition coefficient (Wildman–Crippen LogP) is 5.82. The second-order valence-corrected chi connectivity index (χ2v) is 10.8. The van der Waals surface area contributed by atoms with Crippen molar-refractivity contribution in [3.8, 4) is 0 Å². The number of carbonyl (C=O) groups excluding carboxylic acids is 3. The quantitative estimate of drug-likeness (QED) is 0.0576. The summed E-state index contributed by atoms with van der Waals surface area (Å²) in [7, 11) is 0. The molecule has 0 aromatic heterocycles. The molecule has 1 aliphatic carbocycles. The van der Waals surface area contributed by atoms with E-state index in [1.807, 2.05) is 13.8 Å². The first-order chi connectivity index (χ1) is 18.0. The van der Waals surface area contributed by atoms with E-state index in [1.54, 1.807) is 18.9 Å². The highest BCUT2D eigenvalue weighted by Crippen LogP contribution is 2.38. The second-order valence-electron chi connectivity index (χ2n) is 10.8. The SMILES string of the molecule is C=C(C)CC(=O)OCCCC(CC)C(=O)ON([C@@H]1C=CCCC1)[C@H]1O[C@H]1[C@@H](C)CC[C@@H](C)OC(=O)C(=C)C. The standard InChI is InChI=1S/C30H47NO7/c1-8-24(13-12-18-35-26(32)19-20(2)3)30(34)38-31(25-14-10-9-11-15-25)28-27(37-28)22(6)16-17-23(7)36-29(33)21(4)5/h10,14,22-25,27-28H,2,4,8-9,11-13,15-19H2,1,3,5-7H3/t22-,23+,24?,25+,27-,28-/m0/s1. The van der Waals surface area contributed by atoms with Gasteiger partial charge in [-0.25, -0.2) is 4.79 Å². The summed E-state index contributed by atoms with van der Waals surface area (Å²) in [4.78, 5) is 42.6. The van der Waals surface area contributed by atoms with Crippen molar-refractivity contribution < 1.29 is 33.4 Å². The van der Waals surface area contributed by atoms with Crippen molar-refractivity contribution in [2.24, 2.45) is 11.8 Å². The lowest BCUT2D eigenvalue weighted by atomic mass is 9.98. The third-order valence-electron chi connectivity index (χ3n) is 6.98. The van der Waals surface area contributed by atoms with Crippen LogP contribution in [0.2, 0.25) is 0 Å². The van der Waals surface area contributed by atoms with E-state index in [1.165, 1.54) is 0 Å². The number of epoxide rings is 1. The molecule has 0 bridgehead atoms. The van der Waals surface area contributed by atoms with Crippen LogP contribution >= 0.6 is 0 Å². The number of nitrogens with zero attached hydrogens (tertiary/aromatic N) is 1. The van der Waals surface area contributed by atoms with Crippen LogP contribution in [0.5, 0.6) is 0 Å². The summed E-state index contributed by atoms with van der Waals surface area (Å²) in [6, 6.07) is -0.0223. The minimum atomic E-state index is -0.372. The summed E-state index contributed by atoms with van der Waals surface area (Å²) in [5, 5.41) is 1.75. The highest BCUT2D eigenvalue weighted by molar-refractivity contribution is 5.87. The summed E-state index contributed by atoms with van der Waals surface area (Å²) in [5.41, 5.74) is 1.15. The van der Waals surface area contributed by atoms with E-state index in [-0.39, 0.29) is 67.2 Å². The summed E-state index contributed by atoms with van der Waals surface area (Å²) in [5.74, 6) is -1.03. The van der Waals surface area contributed by atoms with Crippen molar-refractivity contribution in [1.82, 2.24) is 5.06 Å². The summed E-state index contributed by atoms with van der Waals surface area (Å²) in [6.45, 7) is 17.0. The number of carbonyl (C=O) groups is 3. The van der Waals surface area contributed by atoms with Crippen molar-refractivity contribution in [3.05, 3.63) is 36.5 Å². The monoisotopic (exact) mass is 533 g/mol. The van der Waals surface area contributed by atoms with Crippen LogP contribution in [-0.2, 0) is 33.4 Å². The molecule has 38 heavy (non-hydrogen) atoms. The van der Waals surface area contributed by atoms with Gasteiger partial charge in [0.25, 0.3) is 0 Å². The summed E-state index contributed by atoms with van der Waals surface area (Å²) in [6.07, 6.45) is 10.2. The largest absolute Gasteiger partial charge is 0.465 e. The van der Waals surface area contributed by atoms with Gasteiger partial charge in [-0.15, -0.1) is 5.06 Å². The minimum Gasteiger partial charge on any atom is -0.465 e. The lowest BCUT2D eigenvalue weighted by Gasteiger charge is -2.30. The zero-order valence-corrected chi connectivity index (χ0v) is 23.9. The first kappa shape index (κ1) is 31.8. The van der Waals surface area contributed by atoms with E-state index in [0.717, 1.165) is 31.3 Å². The van der Waals surface area contributed by atoms with Gasteiger partial charge in [-0.2, -0.15) is 0 Å². The summed E-state index contributed by atoms with van der Waals surface area (Å²) < 4.78 is 16.7. The van der Waals surface area contributed by atoms with Gasteiger partial charge in [-0.05, 0) is 78.1 Å². The first-order valence-corrected chi connectivity index (χ1v) is 14.0. The molecular weight excluding hydrogens is 486 g/mol. The van der Waals surface area contributed by atoms with Gasteiger partial charge >= 0.3 is 17.9 Å². The molecule has 0 radical (unpaired) electrons. The molecule has 1 fully saturated rings. The molecule has 8 nitrogen and oxygen atoms in total. The molecule has 1 heterocycles. The molecule has 0 saturated carbocycles. The highest BCUT2D eigenvalue weighted by Gasteiger charge is 2.51. The van der Waals surface area contributed by atoms with Gasteiger partial charge in [0, 0.05) is 5.57 Å². The van der Waals surface area contributed by atoms with Crippen LogP contribution < -0.4 is 0 Å². The van der Waals surface area contributed by atoms with E-state index < -0.39 is 0 Å². The van der Waals surface area contributed by atoms with Crippen LogP contribution in [0.3, 0.4) is 0 Å². The average molecular weight is 534 g/mol. The average Bonchev–Trinajstić information content (AvgIpc) is 3.66. The van der Waals surface area contributed by atoms with E-state index in [0.29, 0.717) is 31.3 Å². The molecule has 214 valence electrons. The molecule has 8 heteroatoms. The Hall–Kier alpha value is -2.45. The Balaban J connectivity index is 1.90. The van der Waals surface area contributed by atoms with Crippen molar-refractivity contribution in [2.45, 2.75) is 117 Å².